The summed E-state index contributed by atoms with van der Waals surface area (Å²) in [5.41, 5.74) is 9.73. The van der Waals surface area contributed by atoms with Crippen LogP contribution in [0.15, 0.2) is 150 Å². The van der Waals surface area contributed by atoms with Crippen molar-refractivity contribution in [3.8, 4) is 51.3 Å². The molecule has 6 nitrogen and oxygen atoms in total. The van der Waals surface area contributed by atoms with E-state index in [0.717, 1.165) is 60.7 Å². The largest absolute Gasteiger partial charge is 0.436 e. The van der Waals surface area contributed by atoms with Gasteiger partial charge in [-0.1, -0.05) is 121 Å². The Morgan fingerprint density at radius 1 is 0.489 bits per heavy atom. The van der Waals surface area contributed by atoms with Crippen molar-refractivity contribution in [2.45, 2.75) is 6.92 Å². The minimum atomic E-state index is 0.557. The van der Waals surface area contributed by atoms with E-state index in [1.165, 1.54) is 5.56 Å². The normalized spacial score (nSPS) is 11.5. The number of para-hydroxylation sites is 2. The van der Waals surface area contributed by atoms with Gasteiger partial charge in [-0.15, -0.1) is 0 Å². The third-order valence-corrected chi connectivity index (χ3v) is 8.59. The van der Waals surface area contributed by atoms with Crippen LogP contribution >= 0.6 is 0 Å². The SMILES string of the molecule is Cc1ccc(-c2cccc3oc(-c4ccc5c(c4)c4ccccc4n5-c4nc(-c5ccccc5)nc(-c5ccccc5)n4)nc23)cc1. The number of hydrogen-bond donors (Lipinski definition) is 0. The second-order valence-electron chi connectivity index (χ2n) is 11.6. The summed E-state index contributed by atoms with van der Waals surface area (Å²) in [6, 6.07) is 49.3. The highest BCUT2D eigenvalue weighted by atomic mass is 16.3. The van der Waals surface area contributed by atoms with Gasteiger partial charge in [0.05, 0.1) is 11.0 Å². The topological polar surface area (TPSA) is 69.6 Å². The van der Waals surface area contributed by atoms with Gasteiger partial charge in [-0.05, 0) is 42.8 Å². The zero-order valence-corrected chi connectivity index (χ0v) is 25.5. The van der Waals surface area contributed by atoms with E-state index < -0.39 is 0 Å². The Hall–Kier alpha value is -6.40. The number of fused-ring (bicyclic) bond motifs is 4. The van der Waals surface area contributed by atoms with E-state index >= 15 is 0 Å². The smallest absolute Gasteiger partial charge is 0.238 e. The molecular weight excluding hydrogens is 578 g/mol. The zero-order chi connectivity index (χ0) is 31.3. The van der Waals surface area contributed by atoms with Crippen LogP contribution in [0.25, 0.3) is 84.2 Å². The summed E-state index contributed by atoms with van der Waals surface area (Å²) < 4.78 is 8.49. The second-order valence-corrected chi connectivity index (χ2v) is 11.6. The van der Waals surface area contributed by atoms with Crippen LogP contribution in [-0.4, -0.2) is 24.5 Å². The van der Waals surface area contributed by atoms with Crippen LogP contribution in [0.3, 0.4) is 0 Å². The van der Waals surface area contributed by atoms with E-state index in [-0.39, 0.29) is 0 Å². The van der Waals surface area contributed by atoms with Crippen LogP contribution in [0.5, 0.6) is 0 Å². The summed E-state index contributed by atoms with van der Waals surface area (Å²) in [7, 11) is 0. The first-order valence-corrected chi connectivity index (χ1v) is 15.6. The summed E-state index contributed by atoms with van der Waals surface area (Å²) in [5, 5.41) is 2.14. The predicted octanol–water partition coefficient (Wildman–Crippen LogP) is 10.1. The van der Waals surface area contributed by atoms with Gasteiger partial charge in [0.25, 0.3) is 0 Å². The molecule has 0 bridgehead atoms. The molecule has 9 rings (SSSR count). The summed E-state index contributed by atoms with van der Waals surface area (Å²) in [4.78, 5) is 20.0. The molecule has 0 aliphatic heterocycles. The van der Waals surface area contributed by atoms with E-state index in [1.54, 1.807) is 0 Å². The van der Waals surface area contributed by atoms with Crippen LogP contribution in [0, 0.1) is 6.92 Å². The van der Waals surface area contributed by atoms with E-state index in [4.69, 9.17) is 24.4 Å². The average Bonchev–Trinajstić information content (AvgIpc) is 3.72. The number of nitrogens with zero attached hydrogens (tertiary/aromatic N) is 5. The molecule has 6 aromatic carbocycles. The van der Waals surface area contributed by atoms with Crippen molar-refractivity contribution in [2.75, 3.05) is 0 Å². The molecule has 0 spiro atoms. The van der Waals surface area contributed by atoms with Crippen molar-refractivity contribution in [1.29, 1.82) is 0 Å². The number of aryl methyl sites for hydroxylation is 1. The van der Waals surface area contributed by atoms with Gasteiger partial charge in [-0.25, -0.2) is 9.97 Å². The van der Waals surface area contributed by atoms with E-state index in [9.17, 15) is 0 Å². The minimum absolute atomic E-state index is 0.557. The first-order valence-electron chi connectivity index (χ1n) is 15.6. The molecule has 0 N–H and O–H groups in total. The number of aromatic nitrogens is 5. The summed E-state index contributed by atoms with van der Waals surface area (Å²) in [6.45, 7) is 2.09. The number of hydrogen-bond acceptors (Lipinski definition) is 5. The van der Waals surface area contributed by atoms with Crippen LogP contribution in [0.2, 0.25) is 0 Å². The lowest BCUT2D eigenvalue weighted by molar-refractivity contribution is 0.620. The van der Waals surface area contributed by atoms with E-state index in [2.05, 4.69) is 78.2 Å². The maximum absolute atomic E-state index is 6.37. The quantitative estimate of drug-likeness (QED) is 0.195. The van der Waals surface area contributed by atoms with Gasteiger partial charge in [0.2, 0.25) is 11.8 Å². The van der Waals surface area contributed by atoms with Gasteiger partial charge in [-0.2, -0.15) is 9.97 Å². The first-order chi connectivity index (χ1) is 23.2. The maximum Gasteiger partial charge on any atom is 0.238 e. The van der Waals surface area contributed by atoms with Crippen molar-refractivity contribution >= 4 is 32.9 Å². The third kappa shape index (κ3) is 4.66. The molecule has 0 unspecified atom stereocenters. The molecule has 0 fully saturated rings. The van der Waals surface area contributed by atoms with Crippen LogP contribution < -0.4 is 0 Å². The molecule has 0 radical (unpaired) electrons. The lowest BCUT2D eigenvalue weighted by Crippen LogP contribution is -2.06. The van der Waals surface area contributed by atoms with Gasteiger partial charge >= 0.3 is 0 Å². The van der Waals surface area contributed by atoms with Crippen molar-refractivity contribution < 1.29 is 4.42 Å². The van der Waals surface area contributed by atoms with Crippen molar-refractivity contribution in [3.63, 3.8) is 0 Å². The highest BCUT2D eigenvalue weighted by molar-refractivity contribution is 6.10. The molecule has 0 saturated heterocycles. The second kappa shape index (κ2) is 10.9. The van der Waals surface area contributed by atoms with Crippen LogP contribution in [0.4, 0.5) is 0 Å². The van der Waals surface area contributed by atoms with Gasteiger partial charge < -0.3 is 4.42 Å². The van der Waals surface area contributed by atoms with Crippen molar-refractivity contribution in [1.82, 2.24) is 24.5 Å². The van der Waals surface area contributed by atoms with Crippen molar-refractivity contribution in [3.05, 3.63) is 151 Å². The summed E-state index contributed by atoms with van der Waals surface area (Å²) >= 11 is 0. The fraction of sp³-hybridized carbons (Fsp3) is 0.0244. The molecule has 0 aliphatic carbocycles. The lowest BCUT2D eigenvalue weighted by Gasteiger charge is -2.10. The molecular formula is C41H27N5O. The minimum Gasteiger partial charge on any atom is -0.436 e. The highest BCUT2D eigenvalue weighted by Gasteiger charge is 2.20. The molecule has 0 aliphatic rings. The Morgan fingerprint density at radius 3 is 1.85 bits per heavy atom. The Balaban J connectivity index is 1.23. The first kappa shape index (κ1) is 27.0. The van der Waals surface area contributed by atoms with Gasteiger partial charge in [0.15, 0.2) is 17.2 Å². The lowest BCUT2D eigenvalue weighted by atomic mass is 10.0. The van der Waals surface area contributed by atoms with Crippen LogP contribution in [0.1, 0.15) is 5.56 Å². The Labute approximate surface area is 270 Å². The maximum atomic E-state index is 6.37. The molecule has 3 heterocycles. The summed E-state index contributed by atoms with van der Waals surface area (Å²) in [6.07, 6.45) is 0. The van der Waals surface area contributed by atoms with Crippen LogP contribution in [-0.2, 0) is 0 Å². The summed E-state index contributed by atoms with van der Waals surface area (Å²) in [5.74, 6) is 2.37. The molecule has 6 heteroatoms. The number of oxazole rings is 1. The standard InChI is InChI=1S/C41H27N5O/c1-26-19-21-27(22-20-26)31-16-10-18-36-37(31)42-40(47-36)30-23-24-35-33(25-30)32-15-8-9-17-34(32)46(35)41-44-38(28-11-4-2-5-12-28)43-39(45-41)29-13-6-3-7-14-29/h2-25H,1H3. The molecule has 222 valence electrons. The van der Waals surface area contributed by atoms with E-state index in [0.29, 0.717) is 23.5 Å². The third-order valence-electron chi connectivity index (χ3n) is 8.59. The zero-order valence-electron chi connectivity index (χ0n) is 25.5. The Kier molecular flexibility index (Phi) is 6.25. The van der Waals surface area contributed by atoms with Gasteiger partial charge in [-0.3, -0.25) is 4.57 Å². The average molecular weight is 606 g/mol. The number of rotatable bonds is 5. The fourth-order valence-electron chi connectivity index (χ4n) is 6.26. The molecule has 47 heavy (non-hydrogen) atoms. The monoisotopic (exact) mass is 605 g/mol. The number of benzene rings is 6. The molecule has 0 amide bonds. The molecule has 0 saturated carbocycles. The molecule has 3 aromatic heterocycles. The Morgan fingerprint density at radius 2 is 1.13 bits per heavy atom. The van der Waals surface area contributed by atoms with E-state index in [1.807, 2.05) is 78.9 Å². The fourth-order valence-corrected chi connectivity index (χ4v) is 6.26. The van der Waals surface area contributed by atoms with Gasteiger partial charge in [0.1, 0.15) is 5.52 Å². The van der Waals surface area contributed by atoms with Gasteiger partial charge in [0, 0.05) is 33.0 Å². The Bertz CT molecular complexity index is 2510. The van der Waals surface area contributed by atoms with Crippen molar-refractivity contribution in [2.24, 2.45) is 0 Å². The molecule has 0 atom stereocenters. The highest BCUT2D eigenvalue weighted by Crippen LogP contribution is 2.37. The molecule has 9 aromatic rings. The predicted molar refractivity (Wildman–Crippen MR) is 188 cm³/mol.